The number of benzene rings is 1. The molecule has 74 valence electrons. The lowest BCUT2D eigenvalue weighted by atomic mass is 10.1. The first kappa shape index (κ1) is 9.88. The van der Waals surface area contributed by atoms with E-state index in [1.54, 1.807) is 0 Å². The predicted octanol–water partition coefficient (Wildman–Crippen LogP) is 3.97. The topological polar surface area (TPSA) is 0 Å². The fraction of sp³-hybridized carbons (Fsp3) is 0.167. The minimum absolute atomic E-state index is 0.0631. The van der Waals surface area contributed by atoms with Crippen molar-refractivity contribution in [2.75, 3.05) is 0 Å². The normalized spacial score (nSPS) is 16.5. The average Bonchev–Trinajstić information content (AvgIpc) is 2.71. The molecule has 0 aromatic heterocycles. The van der Waals surface area contributed by atoms with Gasteiger partial charge < -0.3 is 0 Å². The van der Waals surface area contributed by atoms with Gasteiger partial charge in [0.2, 0.25) is 0 Å². The van der Waals surface area contributed by atoms with Crippen molar-refractivity contribution in [3.8, 4) is 0 Å². The zero-order chi connectivity index (χ0) is 9.80. The second-order valence-corrected chi connectivity index (χ2v) is 5.47. The largest absolute Gasteiger partial charge is 0.209 e. The zero-order valence-corrected chi connectivity index (χ0v) is 9.51. The number of halogens is 1. The van der Waals surface area contributed by atoms with Crippen LogP contribution >= 0.6 is 22.5 Å². The van der Waals surface area contributed by atoms with E-state index in [-0.39, 0.29) is 10.9 Å². The molecule has 0 spiro atoms. The highest BCUT2D eigenvalue weighted by molar-refractivity contribution is 8.21. The van der Waals surface area contributed by atoms with Gasteiger partial charge in [-0.25, -0.2) is 10.9 Å². The second-order valence-electron chi connectivity index (χ2n) is 3.26. The van der Waals surface area contributed by atoms with Gasteiger partial charge in [0.15, 0.2) is 0 Å². The molecule has 1 aliphatic rings. The Kier molecular flexibility index (Phi) is 3.33. The molecule has 1 aliphatic heterocycles. The van der Waals surface area contributed by atoms with Crippen molar-refractivity contribution >= 4 is 22.5 Å². The Morgan fingerprint density at radius 1 is 1.00 bits per heavy atom. The molecular formula is C12H13ClS. The Morgan fingerprint density at radius 3 is 2.29 bits per heavy atom. The summed E-state index contributed by atoms with van der Waals surface area (Å²) >= 11 is 5.89. The van der Waals surface area contributed by atoms with Crippen LogP contribution in [0.2, 0.25) is 0 Å². The molecule has 0 atom stereocenters. The Bertz CT molecular complexity index is 356. The summed E-state index contributed by atoms with van der Waals surface area (Å²) in [5.74, 6) is 1.75. The summed E-state index contributed by atoms with van der Waals surface area (Å²) in [6, 6.07) is 8.43. The summed E-state index contributed by atoms with van der Waals surface area (Å²) in [5, 5.41) is 4.58. The maximum Gasteiger partial charge on any atom is 0.0477 e. The Labute approximate surface area is 92.6 Å². The molecule has 2 rings (SSSR count). The van der Waals surface area contributed by atoms with Crippen LogP contribution in [0.1, 0.15) is 11.1 Å². The molecular weight excluding hydrogens is 212 g/mol. The van der Waals surface area contributed by atoms with Crippen LogP contribution in [0.15, 0.2) is 47.2 Å². The van der Waals surface area contributed by atoms with Crippen molar-refractivity contribution in [2.24, 2.45) is 0 Å². The van der Waals surface area contributed by atoms with E-state index >= 15 is 0 Å². The van der Waals surface area contributed by atoms with Gasteiger partial charge in [-0.1, -0.05) is 36.4 Å². The van der Waals surface area contributed by atoms with E-state index in [1.807, 2.05) is 0 Å². The van der Waals surface area contributed by atoms with Gasteiger partial charge in [-0.3, -0.25) is 0 Å². The zero-order valence-electron chi connectivity index (χ0n) is 7.86. The van der Waals surface area contributed by atoms with Gasteiger partial charge in [-0.05, 0) is 21.9 Å². The molecule has 1 aromatic rings. The average molecular weight is 225 g/mol. The third kappa shape index (κ3) is 2.23. The van der Waals surface area contributed by atoms with Crippen molar-refractivity contribution in [3.63, 3.8) is 0 Å². The molecule has 2 heteroatoms. The Morgan fingerprint density at radius 2 is 1.64 bits per heavy atom. The van der Waals surface area contributed by atoms with E-state index in [9.17, 15) is 0 Å². The predicted molar refractivity (Wildman–Crippen MR) is 67.0 cm³/mol. The first-order valence-corrected chi connectivity index (χ1v) is 6.83. The minimum atomic E-state index is -0.0631. The van der Waals surface area contributed by atoms with Crippen LogP contribution in [0.5, 0.6) is 0 Å². The van der Waals surface area contributed by atoms with Crippen LogP contribution in [-0.2, 0) is 11.6 Å². The van der Waals surface area contributed by atoms with Gasteiger partial charge >= 0.3 is 0 Å². The fourth-order valence-corrected chi connectivity index (χ4v) is 3.43. The van der Waals surface area contributed by atoms with Crippen LogP contribution in [0, 0.1) is 0 Å². The van der Waals surface area contributed by atoms with Gasteiger partial charge in [0.25, 0.3) is 0 Å². The quantitative estimate of drug-likeness (QED) is 0.583. The van der Waals surface area contributed by atoms with E-state index in [1.165, 1.54) is 11.1 Å². The molecule has 0 saturated heterocycles. The Balaban J connectivity index is 2.15. The van der Waals surface area contributed by atoms with Gasteiger partial charge in [0.05, 0.1) is 0 Å². The van der Waals surface area contributed by atoms with Crippen LogP contribution < -0.4 is 0 Å². The third-order valence-corrected chi connectivity index (χ3v) is 4.39. The fourth-order valence-electron chi connectivity index (χ4n) is 1.51. The van der Waals surface area contributed by atoms with E-state index in [2.05, 4.69) is 47.2 Å². The van der Waals surface area contributed by atoms with Gasteiger partial charge in [-0.15, -0.1) is 11.6 Å². The van der Waals surface area contributed by atoms with Crippen molar-refractivity contribution in [3.05, 3.63) is 58.4 Å². The lowest BCUT2D eigenvalue weighted by Gasteiger charge is -2.12. The molecule has 0 bridgehead atoms. The molecule has 0 radical (unpaired) electrons. The van der Waals surface area contributed by atoms with E-state index < -0.39 is 0 Å². The summed E-state index contributed by atoms with van der Waals surface area (Å²) in [4.78, 5) is 0. The number of hydrogen-bond donors (Lipinski definition) is 1. The molecule has 0 amide bonds. The van der Waals surface area contributed by atoms with E-state index in [0.29, 0.717) is 5.88 Å². The number of rotatable bonds is 3. The van der Waals surface area contributed by atoms with E-state index in [0.717, 1.165) is 5.75 Å². The van der Waals surface area contributed by atoms with Crippen LogP contribution in [-0.4, -0.2) is 0 Å². The highest BCUT2D eigenvalue weighted by Gasteiger charge is 2.04. The van der Waals surface area contributed by atoms with E-state index in [4.69, 9.17) is 11.6 Å². The summed E-state index contributed by atoms with van der Waals surface area (Å²) in [7, 11) is -0.0631. The molecule has 0 saturated carbocycles. The van der Waals surface area contributed by atoms with Crippen molar-refractivity contribution in [1.82, 2.24) is 0 Å². The molecule has 1 heterocycles. The maximum absolute atomic E-state index is 5.89. The van der Waals surface area contributed by atoms with Crippen molar-refractivity contribution < 1.29 is 0 Å². The monoisotopic (exact) mass is 224 g/mol. The van der Waals surface area contributed by atoms with Crippen LogP contribution in [0.4, 0.5) is 0 Å². The molecule has 0 nitrogen and oxygen atoms in total. The highest BCUT2D eigenvalue weighted by Crippen LogP contribution is 2.37. The van der Waals surface area contributed by atoms with Gasteiger partial charge in [0, 0.05) is 11.6 Å². The molecule has 1 aromatic carbocycles. The van der Waals surface area contributed by atoms with Gasteiger partial charge in [0.1, 0.15) is 0 Å². The maximum atomic E-state index is 5.89. The second kappa shape index (κ2) is 4.72. The third-order valence-electron chi connectivity index (χ3n) is 2.28. The lowest BCUT2D eigenvalue weighted by Crippen LogP contribution is -1.89. The molecule has 14 heavy (non-hydrogen) atoms. The first-order chi connectivity index (χ1) is 6.90. The summed E-state index contributed by atoms with van der Waals surface area (Å²) in [6.07, 6.45) is 4.27. The highest BCUT2D eigenvalue weighted by atomic mass is 35.5. The Hall–Kier alpha value is -0.660. The lowest BCUT2D eigenvalue weighted by molar-refractivity contribution is 1.27. The number of allylic oxidation sites excluding steroid dienone is 2. The first-order valence-electron chi connectivity index (χ1n) is 4.63. The summed E-state index contributed by atoms with van der Waals surface area (Å²) in [5.41, 5.74) is 2.66. The smallest absolute Gasteiger partial charge is 0.0477 e. The van der Waals surface area contributed by atoms with Crippen molar-refractivity contribution in [1.29, 1.82) is 0 Å². The number of thiol groups is 1. The van der Waals surface area contributed by atoms with Crippen LogP contribution in [0.25, 0.3) is 0 Å². The number of hydrogen-bond acceptors (Lipinski definition) is 0. The van der Waals surface area contributed by atoms with Crippen LogP contribution in [0.3, 0.4) is 0 Å². The summed E-state index contributed by atoms with van der Waals surface area (Å²) in [6.45, 7) is 0. The molecule has 0 N–H and O–H groups in total. The number of alkyl halides is 1. The summed E-state index contributed by atoms with van der Waals surface area (Å²) < 4.78 is 0. The SMILES string of the molecule is ClCc1ccccc1C[SH]1C=CC=C1. The standard InChI is InChI=1S/C12H13ClS/c13-9-11-5-1-2-6-12(11)10-14-7-3-4-8-14/h1-8,14H,9-10H2. The molecule has 0 fully saturated rings. The minimum Gasteiger partial charge on any atom is -0.209 e. The van der Waals surface area contributed by atoms with Crippen molar-refractivity contribution in [2.45, 2.75) is 11.6 Å². The molecule has 0 aliphatic carbocycles. The van der Waals surface area contributed by atoms with Gasteiger partial charge in [-0.2, -0.15) is 0 Å². The molecule has 0 unspecified atom stereocenters.